The molecule has 0 saturated heterocycles. The highest BCUT2D eigenvalue weighted by Gasteiger charge is 2.14. The van der Waals surface area contributed by atoms with Crippen LogP contribution in [0.3, 0.4) is 0 Å². The Hall–Kier alpha value is -2.86. The summed E-state index contributed by atoms with van der Waals surface area (Å²) in [6.07, 6.45) is 1.16. The number of para-hydroxylation sites is 2. The van der Waals surface area contributed by atoms with Gasteiger partial charge in [0.15, 0.2) is 0 Å². The number of aliphatic hydroxyl groups excluding tert-OH is 1. The zero-order valence-corrected chi connectivity index (χ0v) is 15.6. The number of imidazole rings is 1. The molecule has 1 aromatic heterocycles. The summed E-state index contributed by atoms with van der Waals surface area (Å²) in [7, 11) is 1.34. The van der Waals surface area contributed by atoms with Gasteiger partial charge in [-0.15, -0.1) is 0 Å². The molecule has 0 aliphatic rings. The van der Waals surface area contributed by atoms with Gasteiger partial charge in [0.05, 0.1) is 30.3 Å². The van der Waals surface area contributed by atoms with Crippen molar-refractivity contribution in [1.29, 1.82) is 0 Å². The van der Waals surface area contributed by atoms with Gasteiger partial charge in [-0.2, -0.15) is 0 Å². The van der Waals surface area contributed by atoms with E-state index in [0.717, 1.165) is 29.7 Å². The normalized spacial score (nSPS) is 12.1. The summed E-state index contributed by atoms with van der Waals surface area (Å²) in [6.45, 7) is 2.67. The maximum absolute atomic E-state index is 11.4. The van der Waals surface area contributed by atoms with Gasteiger partial charge in [0, 0.05) is 6.42 Å². The minimum absolute atomic E-state index is 0.148. The standard InChI is InChI=1S/C21H24N2O4/c1-3-6-20-22-18-7-4-5-8-19(18)23(20)13-16(24)14-27-17-11-9-15(10-12-17)21(25)26-2/h4-5,7-12,16,24H,3,6,13-14H2,1-2H3/t16-/m1/s1. The van der Waals surface area contributed by atoms with E-state index in [-0.39, 0.29) is 6.61 Å². The van der Waals surface area contributed by atoms with Gasteiger partial charge >= 0.3 is 5.97 Å². The molecule has 142 valence electrons. The summed E-state index contributed by atoms with van der Waals surface area (Å²) >= 11 is 0. The Morgan fingerprint density at radius 1 is 1.19 bits per heavy atom. The van der Waals surface area contributed by atoms with Crippen LogP contribution in [-0.4, -0.2) is 40.4 Å². The smallest absolute Gasteiger partial charge is 0.337 e. The van der Waals surface area contributed by atoms with E-state index in [1.807, 2.05) is 24.3 Å². The molecule has 2 aromatic carbocycles. The topological polar surface area (TPSA) is 73.6 Å². The summed E-state index contributed by atoms with van der Waals surface area (Å²) in [5, 5.41) is 10.5. The molecule has 1 N–H and O–H groups in total. The molecule has 1 atom stereocenters. The summed E-state index contributed by atoms with van der Waals surface area (Å²) in [6, 6.07) is 14.6. The molecule has 6 heteroatoms. The number of esters is 1. The summed E-state index contributed by atoms with van der Waals surface area (Å²) in [5.74, 6) is 1.17. The highest BCUT2D eigenvalue weighted by atomic mass is 16.5. The van der Waals surface area contributed by atoms with Crippen molar-refractivity contribution in [2.45, 2.75) is 32.4 Å². The Labute approximate surface area is 158 Å². The van der Waals surface area contributed by atoms with Crippen LogP contribution in [0.4, 0.5) is 0 Å². The SMILES string of the molecule is CCCc1nc2ccccc2n1C[C@@H](O)COc1ccc(C(=O)OC)cc1. The highest BCUT2D eigenvalue weighted by molar-refractivity contribution is 5.89. The number of aryl methyl sites for hydroxylation is 1. The van der Waals surface area contributed by atoms with Crippen LogP contribution in [0.1, 0.15) is 29.5 Å². The predicted molar refractivity (Wildman–Crippen MR) is 103 cm³/mol. The number of hydrogen-bond donors (Lipinski definition) is 1. The fourth-order valence-electron chi connectivity index (χ4n) is 3.00. The van der Waals surface area contributed by atoms with E-state index in [2.05, 4.69) is 21.2 Å². The van der Waals surface area contributed by atoms with Crippen molar-refractivity contribution in [3.63, 3.8) is 0 Å². The van der Waals surface area contributed by atoms with Crippen LogP contribution in [-0.2, 0) is 17.7 Å². The minimum atomic E-state index is -0.682. The molecule has 27 heavy (non-hydrogen) atoms. The molecule has 6 nitrogen and oxygen atoms in total. The van der Waals surface area contributed by atoms with E-state index in [1.54, 1.807) is 24.3 Å². The lowest BCUT2D eigenvalue weighted by Gasteiger charge is -2.15. The number of aromatic nitrogens is 2. The van der Waals surface area contributed by atoms with Gasteiger partial charge in [-0.1, -0.05) is 19.1 Å². The van der Waals surface area contributed by atoms with Crippen molar-refractivity contribution in [2.24, 2.45) is 0 Å². The lowest BCUT2D eigenvalue weighted by molar-refractivity contribution is 0.0600. The van der Waals surface area contributed by atoms with Crippen molar-refractivity contribution < 1.29 is 19.4 Å². The maximum atomic E-state index is 11.4. The first kappa shape index (κ1) is 18.9. The quantitative estimate of drug-likeness (QED) is 0.618. The highest BCUT2D eigenvalue weighted by Crippen LogP contribution is 2.18. The second kappa shape index (κ2) is 8.68. The second-order valence-corrected chi connectivity index (χ2v) is 6.36. The fraction of sp³-hybridized carbons (Fsp3) is 0.333. The molecule has 0 aliphatic heterocycles. The summed E-state index contributed by atoms with van der Waals surface area (Å²) < 4.78 is 12.4. The van der Waals surface area contributed by atoms with Crippen molar-refractivity contribution in [3.05, 3.63) is 59.9 Å². The van der Waals surface area contributed by atoms with Crippen LogP contribution in [0.25, 0.3) is 11.0 Å². The Kier molecular flexibility index (Phi) is 6.08. The number of nitrogens with zero attached hydrogens (tertiary/aromatic N) is 2. The van der Waals surface area contributed by atoms with E-state index in [4.69, 9.17) is 4.74 Å². The van der Waals surface area contributed by atoms with E-state index >= 15 is 0 Å². The lowest BCUT2D eigenvalue weighted by Crippen LogP contribution is -2.24. The van der Waals surface area contributed by atoms with Gasteiger partial charge in [0.1, 0.15) is 24.3 Å². The number of carbonyl (C=O) groups excluding carboxylic acids is 1. The van der Waals surface area contributed by atoms with E-state index in [1.165, 1.54) is 7.11 Å². The number of methoxy groups -OCH3 is 1. The van der Waals surface area contributed by atoms with Gasteiger partial charge in [-0.05, 0) is 42.8 Å². The summed E-state index contributed by atoms with van der Waals surface area (Å²) in [4.78, 5) is 16.1. The van der Waals surface area contributed by atoms with Crippen LogP contribution < -0.4 is 4.74 Å². The molecule has 0 radical (unpaired) electrons. The third-order valence-electron chi connectivity index (χ3n) is 4.32. The third kappa shape index (κ3) is 4.46. The molecule has 0 aliphatic carbocycles. The molecule has 3 aromatic rings. The first-order valence-electron chi connectivity index (χ1n) is 9.05. The molecular weight excluding hydrogens is 344 g/mol. The Balaban J connectivity index is 1.65. The summed E-state index contributed by atoms with van der Waals surface area (Å²) in [5.41, 5.74) is 2.41. The number of hydrogen-bond acceptors (Lipinski definition) is 5. The van der Waals surface area contributed by atoms with E-state index < -0.39 is 12.1 Å². The number of ether oxygens (including phenoxy) is 2. The van der Waals surface area contributed by atoms with Crippen molar-refractivity contribution >= 4 is 17.0 Å². The Morgan fingerprint density at radius 3 is 2.63 bits per heavy atom. The average molecular weight is 368 g/mol. The number of fused-ring (bicyclic) bond motifs is 1. The first-order valence-corrected chi connectivity index (χ1v) is 9.05. The van der Waals surface area contributed by atoms with Gasteiger partial charge in [-0.25, -0.2) is 9.78 Å². The van der Waals surface area contributed by atoms with Crippen LogP contribution in [0.2, 0.25) is 0 Å². The molecule has 0 amide bonds. The minimum Gasteiger partial charge on any atom is -0.491 e. The molecule has 0 fully saturated rings. The van der Waals surface area contributed by atoms with Crippen molar-refractivity contribution in [3.8, 4) is 5.75 Å². The molecule has 0 spiro atoms. The van der Waals surface area contributed by atoms with Gasteiger partial charge in [0.2, 0.25) is 0 Å². The maximum Gasteiger partial charge on any atom is 0.337 e. The first-order chi connectivity index (χ1) is 13.1. The molecule has 0 unspecified atom stereocenters. The predicted octanol–water partition coefficient (Wildman–Crippen LogP) is 3.22. The zero-order chi connectivity index (χ0) is 19.2. The van der Waals surface area contributed by atoms with Gasteiger partial charge in [0.25, 0.3) is 0 Å². The number of rotatable bonds is 8. The second-order valence-electron chi connectivity index (χ2n) is 6.36. The molecule has 1 heterocycles. The Morgan fingerprint density at radius 2 is 1.93 bits per heavy atom. The lowest BCUT2D eigenvalue weighted by atomic mass is 10.2. The van der Waals surface area contributed by atoms with E-state index in [0.29, 0.717) is 17.9 Å². The zero-order valence-electron chi connectivity index (χ0n) is 15.6. The monoisotopic (exact) mass is 368 g/mol. The van der Waals surface area contributed by atoms with Crippen molar-refractivity contribution in [1.82, 2.24) is 9.55 Å². The largest absolute Gasteiger partial charge is 0.491 e. The third-order valence-corrected chi connectivity index (χ3v) is 4.32. The van der Waals surface area contributed by atoms with Crippen LogP contribution >= 0.6 is 0 Å². The number of benzene rings is 2. The Bertz CT molecular complexity index is 902. The average Bonchev–Trinajstić information content (AvgIpc) is 3.04. The molecule has 0 saturated carbocycles. The van der Waals surface area contributed by atoms with Crippen LogP contribution in [0, 0.1) is 0 Å². The van der Waals surface area contributed by atoms with E-state index in [9.17, 15) is 9.90 Å². The van der Waals surface area contributed by atoms with Crippen molar-refractivity contribution in [2.75, 3.05) is 13.7 Å². The van der Waals surface area contributed by atoms with Gasteiger partial charge in [-0.3, -0.25) is 0 Å². The number of aliphatic hydroxyl groups is 1. The van der Waals surface area contributed by atoms with Crippen LogP contribution in [0.15, 0.2) is 48.5 Å². The number of carbonyl (C=O) groups is 1. The van der Waals surface area contributed by atoms with Gasteiger partial charge < -0.3 is 19.1 Å². The van der Waals surface area contributed by atoms with Crippen LogP contribution in [0.5, 0.6) is 5.75 Å². The molecule has 0 bridgehead atoms. The molecule has 3 rings (SSSR count). The molecular formula is C21H24N2O4. The fourth-order valence-corrected chi connectivity index (χ4v) is 3.00.